The molecule has 0 bridgehead atoms. The number of hydrogen-bond acceptors (Lipinski definition) is 7. The zero-order valence-corrected chi connectivity index (χ0v) is 17.3. The topological polar surface area (TPSA) is 103 Å². The van der Waals surface area contributed by atoms with Gasteiger partial charge in [-0.3, -0.25) is 9.51 Å². The maximum atomic E-state index is 12.7. The van der Waals surface area contributed by atoms with E-state index in [-0.39, 0.29) is 11.6 Å². The summed E-state index contributed by atoms with van der Waals surface area (Å²) in [5.41, 5.74) is 1.64. The van der Waals surface area contributed by atoms with E-state index in [0.29, 0.717) is 12.6 Å². The highest BCUT2D eigenvalue weighted by Crippen LogP contribution is 2.28. The lowest BCUT2D eigenvalue weighted by molar-refractivity contribution is -0.754. The molecular weight excluding hydrogens is 445 g/mol. The third-order valence-corrected chi connectivity index (χ3v) is 5.00. The van der Waals surface area contributed by atoms with Crippen molar-refractivity contribution in [3.05, 3.63) is 70.4 Å². The van der Waals surface area contributed by atoms with Crippen LogP contribution in [0.1, 0.15) is 16.3 Å². The molecule has 164 valence electrons. The second-order valence-corrected chi connectivity index (χ2v) is 7.72. The summed E-state index contributed by atoms with van der Waals surface area (Å²) in [6.07, 6.45) is -2.27. The summed E-state index contributed by atoms with van der Waals surface area (Å²) in [6, 6.07) is 8.79. The second kappa shape index (κ2) is 8.75. The molecule has 0 amide bonds. The number of anilines is 1. The van der Waals surface area contributed by atoms with Crippen LogP contribution in [0.4, 0.5) is 24.7 Å². The first-order valence-corrected chi connectivity index (χ1v) is 10.1. The Bertz CT molecular complexity index is 1250. The number of aryl methyl sites for hydroxylation is 1. The Hall–Kier alpha value is -3.80. The molecule has 0 spiro atoms. The Morgan fingerprint density at radius 1 is 1.25 bits per heavy atom. The van der Waals surface area contributed by atoms with Gasteiger partial charge in [-0.05, 0) is 23.7 Å². The smallest absolute Gasteiger partial charge is 0.433 e. The molecule has 0 atom stereocenters. The van der Waals surface area contributed by atoms with Crippen molar-refractivity contribution in [1.29, 1.82) is 0 Å². The van der Waals surface area contributed by atoms with E-state index in [2.05, 4.69) is 25.5 Å². The van der Waals surface area contributed by atoms with Crippen molar-refractivity contribution >= 4 is 28.9 Å². The van der Waals surface area contributed by atoms with Crippen LogP contribution in [-0.4, -0.2) is 21.3 Å². The summed E-state index contributed by atoms with van der Waals surface area (Å²) in [5.74, 6) is -0.0952. The molecule has 0 aliphatic carbocycles. The lowest BCUT2D eigenvalue weighted by Gasteiger charge is -2.13. The minimum atomic E-state index is -4.62. The molecule has 32 heavy (non-hydrogen) atoms. The maximum Gasteiger partial charge on any atom is 0.433 e. The van der Waals surface area contributed by atoms with Crippen molar-refractivity contribution in [2.24, 2.45) is 4.99 Å². The lowest BCUT2D eigenvalue weighted by Crippen LogP contribution is -2.35. The van der Waals surface area contributed by atoms with Crippen LogP contribution in [-0.2, 0) is 12.7 Å². The van der Waals surface area contributed by atoms with E-state index in [9.17, 15) is 18.3 Å². The van der Waals surface area contributed by atoms with Gasteiger partial charge in [-0.25, -0.2) is 9.98 Å². The molecule has 0 fully saturated rings. The number of amidine groups is 1. The van der Waals surface area contributed by atoms with E-state index in [4.69, 9.17) is 4.52 Å². The fourth-order valence-electron chi connectivity index (χ4n) is 2.77. The van der Waals surface area contributed by atoms with Gasteiger partial charge in [0.1, 0.15) is 5.69 Å². The van der Waals surface area contributed by atoms with Crippen molar-refractivity contribution in [2.45, 2.75) is 19.6 Å². The number of thiazole rings is 1. The number of alkyl halides is 3. The molecule has 4 aromatic rings. The van der Waals surface area contributed by atoms with E-state index < -0.39 is 17.9 Å². The Balaban J connectivity index is 1.40. The van der Waals surface area contributed by atoms with Gasteiger partial charge in [0.15, 0.2) is 0 Å². The van der Waals surface area contributed by atoms with Crippen molar-refractivity contribution in [2.75, 3.05) is 5.32 Å². The lowest BCUT2D eigenvalue weighted by atomic mass is 10.1. The SMILES string of the molecule is Cc1nc(-c2ccc(C[n+]3cc(N=C([O-])Nc4ccnc(C(F)(F)F)c4)on3)cc2)cs1. The molecule has 0 saturated carbocycles. The fourth-order valence-corrected chi connectivity index (χ4v) is 3.39. The first-order valence-electron chi connectivity index (χ1n) is 9.20. The number of halogens is 3. The van der Waals surface area contributed by atoms with Gasteiger partial charge in [0, 0.05) is 28.4 Å². The Labute approximate surface area is 183 Å². The van der Waals surface area contributed by atoms with Crippen LogP contribution < -0.4 is 15.1 Å². The van der Waals surface area contributed by atoms with Gasteiger partial charge in [-0.2, -0.15) is 13.2 Å². The monoisotopic (exact) mass is 460 g/mol. The Morgan fingerprint density at radius 3 is 2.72 bits per heavy atom. The number of nitrogens with zero attached hydrogens (tertiary/aromatic N) is 5. The van der Waals surface area contributed by atoms with Gasteiger partial charge >= 0.3 is 12.1 Å². The number of nitrogens with one attached hydrogen (secondary N) is 1. The molecule has 1 aromatic carbocycles. The molecule has 1 N–H and O–H groups in total. The fraction of sp³-hybridized carbons (Fsp3) is 0.150. The summed E-state index contributed by atoms with van der Waals surface area (Å²) >= 11 is 1.58. The standard InChI is InChI=1S/C20H15F3N6O2S/c1-12-25-16(11-32-12)14-4-2-13(3-5-14)9-29-10-18(31-28-29)27-19(30)26-15-6-7-24-17(8-15)20(21,22)23/h2-8,10-11H,9H2,1H3,(H-,24,26,27,28,30). The van der Waals surface area contributed by atoms with E-state index in [1.807, 2.05) is 36.6 Å². The number of pyridine rings is 1. The molecule has 8 nitrogen and oxygen atoms in total. The molecule has 4 rings (SSSR count). The number of rotatable bonds is 5. The van der Waals surface area contributed by atoms with Crippen molar-refractivity contribution in [1.82, 2.24) is 15.2 Å². The van der Waals surface area contributed by atoms with Crippen LogP contribution in [0.25, 0.3) is 11.3 Å². The third kappa shape index (κ3) is 5.27. The summed E-state index contributed by atoms with van der Waals surface area (Å²) < 4.78 is 44.6. The van der Waals surface area contributed by atoms with Gasteiger partial charge in [-0.15, -0.1) is 11.3 Å². The summed E-state index contributed by atoms with van der Waals surface area (Å²) in [6.45, 7) is 2.32. The van der Waals surface area contributed by atoms with Crippen LogP contribution in [0, 0.1) is 6.92 Å². The molecule has 3 heterocycles. The van der Waals surface area contributed by atoms with Crippen LogP contribution >= 0.6 is 11.3 Å². The predicted octanol–water partition coefficient (Wildman–Crippen LogP) is 3.32. The van der Waals surface area contributed by atoms with Gasteiger partial charge < -0.3 is 10.4 Å². The second-order valence-electron chi connectivity index (χ2n) is 6.66. The largest absolute Gasteiger partial charge is 0.846 e. The molecule has 0 aliphatic heterocycles. The highest BCUT2D eigenvalue weighted by atomic mass is 32.1. The van der Waals surface area contributed by atoms with E-state index in [0.717, 1.165) is 28.0 Å². The third-order valence-electron chi connectivity index (χ3n) is 4.23. The highest BCUT2D eigenvalue weighted by molar-refractivity contribution is 7.09. The zero-order valence-electron chi connectivity index (χ0n) is 16.5. The Morgan fingerprint density at radius 2 is 2.03 bits per heavy atom. The quantitative estimate of drug-likeness (QED) is 0.278. The van der Waals surface area contributed by atoms with Crippen LogP contribution in [0.5, 0.6) is 0 Å². The predicted molar refractivity (Wildman–Crippen MR) is 108 cm³/mol. The molecule has 0 aliphatic rings. The molecule has 0 unspecified atom stereocenters. The summed E-state index contributed by atoms with van der Waals surface area (Å²) in [4.78, 5) is 11.3. The number of benzene rings is 1. The number of aliphatic imine (C=N–C) groups is 1. The first-order chi connectivity index (χ1) is 15.3. The molecule has 0 saturated heterocycles. The molecule has 12 heteroatoms. The average molecular weight is 460 g/mol. The van der Waals surface area contributed by atoms with Crippen molar-refractivity contribution in [3.63, 3.8) is 0 Å². The Kier molecular flexibility index (Phi) is 5.86. The first kappa shape index (κ1) is 21.4. The van der Waals surface area contributed by atoms with Crippen LogP contribution in [0.2, 0.25) is 0 Å². The summed E-state index contributed by atoms with van der Waals surface area (Å²) in [7, 11) is 0. The normalized spacial score (nSPS) is 12.2. The molecule has 0 radical (unpaired) electrons. The minimum Gasteiger partial charge on any atom is -0.846 e. The van der Waals surface area contributed by atoms with E-state index >= 15 is 0 Å². The van der Waals surface area contributed by atoms with Gasteiger partial charge in [0.25, 0.3) is 6.20 Å². The van der Waals surface area contributed by atoms with Gasteiger partial charge in [0.2, 0.25) is 11.8 Å². The van der Waals surface area contributed by atoms with Gasteiger partial charge in [0.05, 0.1) is 16.7 Å². The maximum absolute atomic E-state index is 12.7. The van der Waals surface area contributed by atoms with E-state index in [1.165, 1.54) is 16.9 Å². The highest BCUT2D eigenvalue weighted by Gasteiger charge is 2.32. The van der Waals surface area contributed by atoms with Crippen molar-refractivity contribution in [3.8, 4) is 11.3 Å². The molecular formula is C20H15F3N6O2S. The summed E-state index contributed by atoms with van der Waals surface area (Å²) in [5, 5.41) is 21.0. The van der Waals surface area contributed by atoms with Crippen molar-refractivity contribution < 1.29 is 27.5 Å². The van der Waals surface area contributed by atoms with Gasteiger partial charge in [-0.1, -0.05) is 24.3 Å². The zero-order chi connectivity index (χ0) is 22.7. The van der Waals surface area contributed by atoms with Crippen LogP contribution in [0.3, 0.4) is 0 Å². The number of hydrogen-bond donors (Lipinski definition) is 1. The minimum absolute atomic E-state index is 0.0936. The van der Waals surface area contributed by atoms with E-state index in [1.54, 1.807) is 11.3 Å². The number of aromatic nitrogens is 4. The molecule has 3 aromatic heterocycles. The average Bonchev–Trinajstić information content (AvgIpc) is 3.37. The van der Waals surface area contributed by atoms with Crippen LogP contribution in [0.15, 0.2) is 63.7 Å².